The average Bonchev–Trinajstić information content (AvgIpc) is 2.12. The molecular formula is C11H11F. The largest absolute Gasteiger partial charge is 0.212 e. The van der Waals surface area contributed by atoms with Crippen molar-refractivity contribution in [1.82, 2.24) is 0 Å². The van der Waals surface area contributed by atoms with Gasteiger partial charge in [-0.2, -0.15) is 0 Å². The van der Waals surface area contributed by atoms with Gasteiger partial charge in [-0.1, -0.05) is 24.3 Å². The SMILES string of the molecule is CC1=C(F)CCc2ccccc21. The first-order valence-electron chi connectivity index (χ1n) is 4.22. The topological polar surface area (TPSA) is 0 Å². The minimum atomic E-state index is 0.0497. The van der Waals surface area contributed by atoms with Crippen molar-refractivity contribution in [2.24, 2.45) is 0 Å². The van der Waals surface area contributed by atoms with E-state index in [0.717, 1.165) is 17.6 Å². The molecule has 0 bridgehead atoms. The van der Waals surface area contributed by atoms with Crippen LogP contribution < -0.4 is 0 Å². The second-order valence-electron chi connectivity index (χ2n) is 3.19. The van der Waals surface area contributed by atoms with Crippen molar-refractivity contribution in [3.8, 4) is 0 Å². The molecule has 1 heteroatoms. The maximum absolute atomic E-state index is 13.1. The number of hydrogen-bond donors (Lipinski definition) is 0. The molecule has 0 unspecified atom stereocenters. The lowest BCUT2D eigenvalue weighted by atomic mass is 9.91. The summed E-state index contributed by atoms with van der Waals surface area (Å²) in [4.78, 5) is 0. The van der Waals surface area contributed by atoms with E-state index in [1.165, 1.54) is 5.56 Å². The van der Waals surface area contributed by atoms with E-state index >= 15 is 0 Å². The van der Waals surface area contributed by atoms with Crippen molar-refractivity contribution in [2.75, 3.05) is 0 Å². The molecule has 0 radical (unpaired) electrons. The predicted molar refractivity (Wildman–Crippen MR) is 48.5 cm³/mol. The lowest BCUT2D eigenvalue weighted by Gasteiger charge is -2.15. The van der Waals surface area contributed by atoms with Crippen LogP contribution in [0.15, 0.2) is 30.1 Å². The van der Waals surface area contributed by atoms with Gasteiger partial charge < -0.3 is 0 Å². The highest BCUT2D eigenvalue weighted by Gasteiger charge is 2.14. The van der Waals surface area contributed by atoms with Crippen LogP contribution in [0.3, 0.4) is 0 Å². The number of halogens is 1. The quantitative estimate of drug-likeness (QED) is 0.549. The van der Waals surface area contributed by atoms with Crippen LogP contribution >= 0.6 is 0 Å². The molecule has 0 saturated heterocycles. The number of hydrogen-bond acceptors (Lipinski definition) is 0. The summed E-state index contributed by atoms with van der Waals surface area (Å²) in [7, 11) is 0. The second-order valence-corrected chi connectivity index (χ2v) is 3.19. The van der Waals surface area contributed by atoms with E-state index in [4.69, 9.17) is 0 Å². The first-order chi connectivity index (χ1) is 5.79. The zero-order valence-electron chi connectivity index (χ0n) is 7.10. The summed E-state index contributed by atoms with van der Waals surface area (Å²) >= 11 is 0. The molecule has 62 valence electrons. The third kappa shape index (κ3) is 1.06. The van der Waals surface area contributed by atoms with Crippen LogP contribution in [-0.4, -0.2) is 0 Å². The summed E-state index contributed by atoms with van der Waals surface area (Å²) in [6.45, 7) is 1.85. The van der Waals surface area contributed by atoms with E-state index in [0.29, 0.717) is 6.42 Å². The Balaban J connectivity index is 2.59. The van der Waals surface area contributed by atoms with Gasteiger partial charge >= 0.3 is 0 Å². The lowest BCUT2D eigenvalue weighted by Crippen LogP contribution is -2.00. The van der Waals surface area contributed by atoms with Crippen molar-refractivity contribution in [1.29, 1.82) is 0 Å². The molecule has 1 aliphatic rings. The Kier molecular flexibility index (Phi) is 1.72. The van der Waals surface area contributed by atoms with Crippen LogP contribution in [0.25, 0.3) is 5.57 Å². The van der Waals surface area contributed by atoms with E-state index in [1.807, 2.05) is 25.1 Å². The van der Waals surface area contributed by atoms with E-state index in [9.17, 15) is 4.39 Å². The Morgan fingerprint density at radius 2 is 1.92 bits per heavy atom. The monoisotopic (exact) mass is 162 g/mol. The average molecular weight is 162 g/mol. The predicted octanol–water partition coefficient (Wildman–Crippen LogP) is 3.33. The first-order valence-corrected chi connectivity index (χ1v) is 4.22. The normalized spacial score (nSPS) is 16.2. The second kappa shape index (κ2) is 2.74. The molecule has 0 heterocycles. The number of fused-ring (bicyclic) bond motifs is 1. The summed E-state index contributed by atoms with van der Waals surface area (Å²) in [5, 5.41) is 0. The molecule has 1 aromatic carbocycles. The van der Waals surface area contributed by atoms with Crippen molar-refractivity contribution in [2.45, 2.75) is 19.8 Å². The zero-order chi connectivity index (χ0) is 8.55. The van der Waals surface area contributed by atoms with Crippen LogP contribution in [0, 0.1) is 0 Å². The lowest BCUT2D eigenvalue weighted by molar-refractivity contribution is 0.585. The molecule has 0 aromatic heterocycles. The molecular weight excluding hydrogens is 151 g/mol. The van der Waals surface area contributed by atoms with Crippen molar-refractivity contribution < 1.29 is 4.39 Å². The molecule has 0 spiro atoms. The van der Waals surface area contributed by atoms with Gasteiger partial charge in [0.25, 0.3) is 0 Å². The van der Waals surface area contributed by atoms with Gasteiger partial charge in [-0.25, -0.2) is 4.39 Å². The fraction of sp³-hybridized carbons (Fsp3) is 0.273. The Hall–Kier alpha value is -1.11. The highest BCUT2D eigenvalue weighted by Crippen LogP contribution is 2.30. The fourth-order valence-corrected chi connectivity index (χ4v) is 1.68. The summed E-state index contributed by atoms with van der Waals surface area (Å²) < 4.78 is 13.1. The highest BCUT2D eigenvalue weighted by atomic mass is 19.1. The molecule has 0 fully saturated rings. The fourth-order valence-electron chi connectivity index (χ4n) is 1.68. The maximum atomic E-state index is 13.1. The van der Waals surface area contributed by atoms with Gasteiger partial charge in [0.2, 0.25) is 0 Å². The van der Waals surface area contributed by atoms with Gasteiger partial charge in [0.1, 0.15) is 5.83 Å². The minimum absolute atomic E-state index is 0.0497. The molecule has 0 atom stereocenters. The molecule has 12 heavy (non-hydrogen) atoms. The summed E-state index contributed by atoms with van der Waals surface area (Å²) in [6, 6.07) is 8.03. The molecule has 2 rings (SSSR count). The van der Waals surface area contributed by atoms with E-state index in [1.54, 1.807) is 0 Å². The number of benzene rings is 1. The highest BCUT2D eigenvalue weighted by molar-refractivity contribution is 5.70. The number of allylic oxidation sites excluding steroid dienone is 2. The standard InChI is InChI=1S/C11H11F/c1-8-10-5-3-2-4-9(10)6-7-11(8)12/h2-5H,6-7H2,1H3. The minimum Gasteiger partial charge on any atom is -0.212 e. The summed E-state index contributed by atoms with van der Waals surface area (Å²) in [6.07, 6.45) is 1.42. The van der Waals surface area contributed by atoms with E-state index in [2.05, 4.69) is 6.07 Å². The van der Waals surface area contributed by atoms with Gasteiger partial charge in [0, 0.05) is 6.42 Å². The Morgan fingerprint density at radius 3 is 2.75 bits per heavy atom. The summed E-state index contributed by atoms with van der Waals surface area (Å²) in [5.41, 5.74) is 3.18. The molecule has 1 aliphatic carbocycles. The van der Waals surface area contributed by atoms with Gasteiger partial charge in [-0.05, 0) is 30.0 Å². The molecule has 1 aromatic rings. The van der Waals surface area contributed by atoms with Crippen LogP contribution in [0.2, 0.25) is 0 Å². The van der Waals surface area contributed by atoms with Gasteiger partial charge in [-0.15, -0.1) is 0 Å². The van der Waals surface area contributed by atoms with Crippen molar-refractivity contribution >= 4 is 5.57 Å². The summed E-state index contributed by atoms with van der Waals surface area (Å²) in [5.74, 6) is 0.0497. The smallest absolute Gasteiger partial charge is 0.104 e. The maximum Gasteiger partial charge on any atom is 0.104 e. The van der Waals surface area contributed by atoms with Crippen molar-refractivity contribution in [3.63, 3.8) is 0 Å². The van der Waals surface area contributed by atoms with Gasteiger partial charge in [-0.3, -0.25) is 0 Å². The Labute approximate surface area is 71.7 Å². The van der Waals surface area contributed by atoms with E-state index < -0.39 is 0 Å². The Morgan fingerprint density at radius 1 is 1.17 bits per heavy atom. The molecule has 0 nitrogen and oxygen atoms in total. The molecule has 0 aliphatic heterocycles. The Bertz CT molecular complexity index is 337. The van der Waals surface area contributed by atoms with Crippen LogP contribution in [0.4, 0.5) is 4.39 Å². The zero-order valence-corrected chi connectivity index (χ0v) is 7.10. The van der Waals surface area contributed by atoms with Gasteiger partial charge in [0.05, 0.1) is 0 Å². The van der Waals surface area contributed by atoms with Gasteiger partial charge in [0.15, 0.2) is 0 Å². The third-order valence-corrected chi connectivity index (χ3v) is 2.44. The van der Waals surface area contributed by atoms with Crippen LogP contribution in [-0.2, 0) is 6.42 Å². The molecule has 0 N–H and O–H groups in total. The van der Waals surface area contributed by atoms with Crippen LogP contribution in [0.1, 0.15) is 24.5 Å². The molecule has 0 amide bonds. The third-order valence-electron chi connectivity index (χ3n) is 2.44. The number of aryl methyl sites for hydroxylation is 1. The first kappa shape index (κ1) is 7.53. The van der Waals surface area contributed by atoms with Crippen molar-refractivity contribution in [3.05, 3.63) is 41.2 Å². The number of rotatable bonds is 0. The van der Waals surface area contributed by atoms with E-state index in [-0.39, 0.29) is 5.83 Å². The van der Waals surface area contributed by atoms with Crippen LogP contribution in [0.5, 0.6) is 0 Å². The molecule has 0 saturated carbocycles.